The summed E-state index contributed by atoms with van der Waals surface area (Å²) in [6.07, 6.45) is 2.27. The van der Waals surface area contributed by atoms with Crippen LogP contribution in [0.4, 0.5) is 0 Å². The van der Waals surface area contributed by atoms with Crippen LogP contribution in [0, 0.1) is 0 Å². The maximum atomic E-state index is 6.66. The van der Waals surface area contributed by atoms with Crippen LogP contribution in [0.25, 0.3) is 0 Å². The summed E-state index contributed by atoms with van der Waals surface area (Å²) in [5.41, 5.74) is 1.36. The van der Waals surface area contributed by atoms with Crippen molar-refractivity contribution in [3.8, 4) is 0 Å². The Balaban J connectivity index is 2.66. The van der Waals surface area contributed by atoms with Gasteiger partial charge in [0.05, 0.1) is 11.6 Å². The molecule has 0 bridgehead atoms. The number of benzene rings is 2. The van der Waals surface area contributed by atoms with Crippen LogP contribution >= 0.6 is 11.6 Å². The van der Waals surface area contributed by atoms with Gasteiger partial charge in [0.2, 0.25) is 0 Å². The molecule has 0 saturated heterocycles. The van der Waals surface area contributed by atoms with Gasteiger partial charge in [-0.3, -0.25) is 0 Å². The van der Waals surface area contributed by atoms with E-state index in [0.29, 0.717) is 0 Å². The van der Waals surface area contributed by atoms with E-state index >= 15 is 0 Å². The topological polar surface area (TPSA) is 9.23 Å². The quantitative estimate of drug-likeness (QED) is 0.530. The molecule has 2 rings (SSSR count). The average molecular weight is 287 g/mol. The van der Waals surface area contributed by atoms with Crippen molar-refractivity contribution in [2.24, 2.45) is 0 Å². The zero-order chi connectivity index (χ0) is 14.4. The zero-order valence-corrected chi connectivity index (χ0v) is 12.4. The van der Waals surface area contributed by atoms with Gasteiger partial charge in [-0.2, -0.15) is 0 Å². The van der Waals surface area contributed by atoms with Crippen LogP contribution in [0.2, 0.25) is 0 Å². The first-order chi connectivity index (χ1) is 9.75. The van der Waals surface area contributed by atoms with Gasteiger partial charge in [-0.05, 0) is 6.42 Å². The third-order valence-electron chi connectivity index (χ3n) is 3.47. The van der Waals surface area contributed by atoms with Crippen molar-refractivity contribution in [1.82, 2.24) is 0 Å². The lowest BCUT2D eigenvalue weighted by atomic mass is 9.82. The minimum absolute atomic E-state index is 0.190. The first-order valence-corrected chi connectivity index (χ1v) is 7.23. The Morgan fingerprint density at radius 1 is 1.05 bits per heavy atom. The Labute approximate surface area is 125 Å². The molecule has 2 aromatic rings. The highest BCUT2D eigenvalue weighted by Gasteiger charge is 2.42. The molecule has 0 fully saturated rings. The predicted octanol–water partition coefficient (Wildman–Crippen LogP) is 5.11. The fourth-order valence-corrected chi connectivity index (χ4v) is 2.83. The molecule has 2 heteroatoms. The summed E-state index contributed by atoms with van der Waals surface area (Å²) < 4.78 is 5.99. The minimum atomic E-state index is -0.708. The summed E-state index contributed by atoms with van der Waals surface area (Å²) in [6, 6.07) is 20.1. The second-order valence-corrected chi connectivity index (χ2v) is 5.15. The van der Waals surface area contributed by atoms with Crippen molar-refractivity contribution < 1.29 is 4.74 Å². The van der Waals surface area contributed by atoms with Crippen molar-refractivity contribution in [2.45, 2.75) is 24.3 Å². The van der Waals surface area contributed by atoms with Gasteiger partial charge in [0.15, 0.2) is 5.60 Å². The average Bonchev–Trinajstić information content (AvgIpc) is 2.53. The summed E-state index contributed by atoms with van der Waals surface area (Å²) in [4.78, 5) is 0. The highest BCUT2D eigenvalue weighted by molar-refractivity contribution is 6.21. The van der Waals surface area contributed by atoms with Crippen LogP contribution in [0.15, 0.2) is 73.5 Å². The highest BCUT2D eigenvalue weighted by atomic mass is 35.5. The van der Waals surface area contributed by atoms with Crippen LogP contribution in [-0.4, -0.2) is 5.38 Å². The van der Waals surface area contributed by atoms with Crippen molar-refractivity contribution in [3.05, 3.63) is 84.6 Å². The second-order valence-electron chi connectivity index (χ2n) is 4.63. The molecule has 0 spiro atoms. The maximum Gasteiger partial charge on any atom is 0.174 e. The molecule has 0 aromatic heterocycles. The molecule has 104 valence electrons. The first kappa shape index (κ1) is 14.7. The number of rotatable bonds is 6. The number of ether oxygens (including phenoxy) is 1. The summed E-state index contributed by atoms with van der Waals surface area (Å²) in [5, 5.41) is -0.190. The molecule has 0 aliphatic rings. The molecule has 0 aliphatic heterocycles. The molecule has 1 unspecified atom stereocenters. The molecule has 0 saturated carbocycles. The molecule has 1 nitrogen and oxygen atoms in total. The lowest BCUT2D eigenvalue weighted by Gasteiger charge is -2.37. The van der Waals surface area contributed by atoms with Crippen LogP contribution in [0.5, 0.6) is 0 Å². The molecule has 0 amide bonds. The van der Waals surface area contributed by atoms with E-state index in [1.54, 1.807) is 0 Å². The van der Waals surface area contributed by atoms with Crippen molar-refractivity contribution in [3.63, 3.8) is 0 Å². The largest absolute Gasteiger partial charge is 0.484 e. The molecular weight excluding hydrogens is 268 g/mol. The van der Waals surface area contributed by atoms with Crippen LogP contribution in [-0.2, 0) is 10.3 Å². The second kappa shape index (κ2) is 6.62. The fraction of sp³-hybridized carbons (Fsp3) is 0.222. The lowest BCUT2D eigenvalue weighted by Crippen LogP contribution is -2.39. The van der Waals surface area contributed by atoms with Crippen LogP contribution in [0.3, 0.4) is 0 Å². The molecule has 0 heterocycles. The van der Waals surface area contributed by atoms with Gasteiger partial charge in [-0.25, -0.2) is 0 Å². The van der Waals surface area contributed by atoms with Crippen LogP contribution in [0.1, 0.15) is 24.5 Å². The van der Waals surface area contributed by atoms with Gasteiger partial charge >= 0.3 is 0 Å². The van der Waals surface area contributed by atoms with E-state index < -0.39 is 5.60 Å². The first-order valence-electron chi connectivity index (χ1n) is 6.79. The molecule has 0 radical (unpaired) electrons. The Bertz CT molecular complexity index is 496. The zero-order valence-electron chi connectivity index (χ0n) is 11.6. The fourth-order valence-electron chi connectivity index (χ4n) is 2.53. The number of hydrogen-bond donors (Lipinski definition) is 0. The molecule has 2 aromatic carbocycles. The normalized spacial score (nSPS) is 12.7. The molecule has 1 atom stereocenters. The van der Waals surface area contributed by atoms with E-state index in [4.69, 9.17) is 16.3 Å². The van der Waals surface area contributed by atoms with Gasteiger partial charge in [0.1, 0.15) is 0 Å². The van der Waals surface area contributed by atoms with Gasteiger partial charge in [0.25, 0.3) is 0 Å². The Kier molecular flexibility index (Phi) is 4.86. The van der Waals surface area contributed by atoms with E-state index in [0.717, 1.165) is 17.5 Å². The summed E-state index contributed by atoms with van der Waals surface area (Å²) in [5.74, 6) is 0. The molecule has 20 heavy (non-hydrogen) atoms. The van der Waals surface area contributed by atoms with E-state index in [1.165, 1.54) is 6.26 Å². The predicted molar refractivity (Wildman–Crippen MR) is 84.9 cm³/mol. The smallest absolute Gasteiger partial charge is 0.174 e. The van der Waals surface area contributed by atoms with Crippen molar-refractivity contribution >= 4 is 11.6 Å². The van der Waals surface area contributed by atoms with E-state index in [1.807, 2.05) is 60.7 Å². The van der Waals surface area contributed by atoms with Gasteiger partial charge in [0, 0.05) is 11.1 Å². The third-order valence-corrected chi connectivity index (χ3v) is 4.09. The SMILES string of the molecule is C=COC(c1ccccc1)(c1ccccc1)C(Cl)CC. The molecule has 0 N–H and O–H groups in total. The third kappa shape index (κ3) is 2.59. The van der Waals surface area contributed by atoms with E-state index in [-0.39, 0.29) is 5.38 Å². The summed E-state index contributed by atoms with van der Waals surface area (Å²) >= 11 is 6.66. The standard InChI is InChI=1S/C18H19ClO/c1-3-17(19)18(20-4-2,15-11-7-5-8-12-15)16-13-9-6-10-14-16/h4-14,17H,2-3H2,1H3. The van der Waals surface area contributed by atoms with Crippen LogP contribution < -0.4 is 0 Å². The monoisotopic (exact) mass is 286 g/mol. The minimum Gasteiger partial charge on any atom is -0.484 e. The maximum absolute atomic E-state index is 6.66. The number of halogens is 1. The lowest BCUT2D eigenvalue weighted by molar-refractivity contribution is 0.0529. The van der Waals surface area contributed by atoms with E-state index in [9.17, 15) is 0 Å². The summed E-state index contributed by atoms with van der Waals surface area (Å²) in [7, 11) is 0. The van der Waals surface area contributed by atoms with Crippen molar-refractivity contribution in [2.75, 3.05) is 0 Å². The van der Waals surface area contributed by atoms with Gasteiger partial charge < -0.3 is 4.74 Å². The van der Waals surface area contributed by atoms with E-state index in [2.05, 4.69) is 13.5 Å². The van der Waals surface area contributed by atoms with Gasteiger partial charge in [-0.15, -0.1) is 11.6 Å². The molecular formula is C18H19ClO. The molecule has 0 aliphatic carbocycles. The summed E-state index contributed by atoms with van der Waals surface area (Å²) in [6.45, 7) is 5.79. The highest BCUT2D eigenvalue weighted by Crippen LogP contribution is 2.41. The Morgan fingerprint density at radius 3 is 1.85 bits per heavy atom. The number of hydrogen-bond acceptors (Lipinski definition) is 1. The van der Waals surface area contributed by atoms with Gasteiger partial charge in [-0.1, -0.05) is 74.2 Å². The van der Waals surface area contributed by atoms with Crippen molar-refractivity contribution in [1.29, 1.82) is 0 Å². The Hall–Kier alpha value is -1.73. The Morgan fingerprint density at radius 2 is 1.50 bits per heavy atom. The number of alkyl halides is 1.